The smallest absolute Gasteiger partial charge is 0.458 e. The molecule has 13 heavy (non-hydrogen) atoms. The van der Waals surface area contributed by atoms with E-state index in [-0.39, 0.29) is 5.95 Å². The van der Waals surface area contributed by atoms with Crippen LogP contribution >= 0.6 is 0 Å². The third-order valence-electron chi connectivity index (χ3n) is 1.26. The van der Waals surface area contributed by atoms with Crippen molar-refractivity contribution in [3.05, 3.63) is 17.9 Å². The average molecular weight is 194 g/mol. The molecule has 0 bridgehead atoms. The minimum absolute atomic E-state index is 0.132. The summed E-state index contributed by atoms with van der Waals surface area (Å²) in [6.45, 7) is 0. The first-order valence-corrected chi connectivity index (χ1v) is 3.20. The lowest BCUT2D eigenvalue weighted by molar-refractivity contribution is -0.0900. The van der Waals surface area contributed by atoms with Crippen LogP contribution in [-0.4, -0.2) is 19.1 Å². The van der Waals surface area contributed by atoms with Gasteiger partial charge in [-0.3, -0.25) is 4.79 Å². The van der Waals surface area contributed by atoms with Gasteiger partial charge in [-0.15, -0.1) is 0 Å². The van der Waals surface area contributed by atoms with Crippen LogP contribution in [0.3, 0.4) is 0 Å². The number of Topliss-reactive ketones (excluding diaryl/α,β-unsaturated/α-hetero) is 1. The Morgan fingerprint density at radius 2 is 2.08 bits per heavy atom. The van der Waals surface area contributed by atoms with Crippen molar-refractivity contribution in [1.29, 1.82) is 0 Å². The van der Waals surface area contributed by atoms with E-state index in [4.69, 9.17) is 0 Å². The Bertz CT molecular complexity index is 313. The monoisotopic (exact) mass is 194 g/mol. The highest BCUT2D eigenvalue weighted by Crippen LogP contribution is 2.24. The summed E-state index contributed by atoms with van der Waals surface area (Å²) in [7, 11) is 1.22. The maximum Gasteiger partial charge on any atom is 0.458 e. The second-order valence-corrected chi connectivity index (χ2v) is 2.15. The number of alkyl halides is 3. The molecule has 0 aliphatic carbocycles. The van der Waals surface area contributed by atoms with Crippen LogP contribution in [0, 0.1) is 0 Å². The number of hydrogen-bond acceptors (Lipinski definition) is 3. The van der Waals surface area contributed by atoms with Crippen molar-refractivity contribution < 1.29 is 27.1 Å². The van der Waals surface area contributed by atoms with Crippen LogP contribution in [0.25, 0.3) is 0 Å². The zero-order valence-corrected chi connectivity index (χ0v) is 6.51. The van der Waals surface area contributed by atoms with Crippen molar-refractivity contribution in [1.82, 2.24) is 0 Å². The minimum atomic E-state index is -4.91. The van der Waals surface area contributed by atoms with Crippen LogP contribution in [0.2, 0.25) is 0 Å². The SMILES string of the molecule is COc1ccc(C(=O)C(F)(F)F)o1. The van der Waals surface area contributed by atoms with Crippen molar-refractivity contribution in [3.63, 3.8) is 0 Å². The molecule has 0 aliphatic rings. The molecule has 6 heteroatoms. The van der Waals surface area contributed by atoms with Gasteiger partial charge in [-0.05, 0) is 6.07 Å². The van der Waals surface area contributed by atoms with E-state index in [9.17, 15) is 18.0 Å². The number of rotatable bonds is 2. The minimum Gasteiger partial charge on any atom is -0.468 e. The molecule has 0 saturated heterocycles. The molecule has 0 saturated carbocycles. The fraction of sp³-hybridized carbons (Fsp3) is 0.286. The molecule has 0 aromatic carbocycles. The van der Waals surface area contributed by atoms with Crippen LogP contribution in [0.1, 0.15) is 10.6 Å². The molecule has 0 aliphatic heterocycles. The Morgan fingerprint density at radius 1 is 1.46 bits per heavy atom. The quantitative estimate of drug-likeness (QED) is 0.676. The van der Waals surface area contributed by atoms with E-state index in [2.05, 4.69) is 9.15 Å². The number of carbonyl (C=O) groups excluding carboxylic acids is 1. The normalized spacial score (nSPS) is 11.4. The molecule has 3 nitrogen and oxygen atoms in total. The first kappa shape index (κ1) is 9.63. The molecule has 0 fully saturated rings. The Morgan fingerprint density at radius 3 is 2.46 bits per heavy atom. The van der Waals surface area contributed by atoms with Gasteiger partial charge < -0.3 is 9.15 Å². The Labute approximate surface area is 71.1 Å². The van der Waals surface area contributed by atoms with E-state index in [1.54, 1.807) is 0 Å². The van der Waals surface area contributed by atoms with Gasteiger partial charge in [0.1, 0.15) is 0 Å². The second kappa shape index (κ2) is 3.12. The zero-order valence-electron chi connectivity index (χ0n) is 6.51. The summed E-state index contributed by atoms with van der Waals surface area (Å²) < 4.78 is 44.3. The van der Waals surface area contributed by atoms with Crippen molar-refractivity contribution in [2.45, 2.75) is 6.18 Å². The van der Waals surface area contributed by atoms with Gasteiger partial charge in [-0.1, -0.05) is 0 Å². The lowest BCUT2D eigenvalue weighted by Crippen LogP contribution is -2.21. The Kier molecular flexibility index (Phi) is 2.31. The van der Waals surface area contributed by atoms with Gasteiger partial charge in [-0.25, -0.2) is 0 Å². The fourth-order valence-electron chi connectivity index (χ4n) is 0.692. The predicted molar refractivity (Wildman–Crippen MR) is 35.6 cm³/mol. The van der Waals surface area contributed by atoms with Gasteiger partial charge in [-0.2, -0.15) is 13.2 Å². The third-order valence-corrected chi connectivity index (χ3v) is 1.26. The van der Waals surface area contributed by atoms with Gasteiger partial charge >= 0.3 is 12.0 Å². The fourth-order valence-corrected chi connectivity index (χ4v) is 0.692. The van der Waals surface area contributed by atoms with E-state index in [0.717, 1.165) is 12.1 Å². The molecular weight excluding hydrogens is 189 g/mol. The number of ether oxygens (including phenoxy) is 1. The lowest BCUT2D eigenvalue weighted by Gasteiger charge is -2.00. The number of carbonyl (C=O) groups is 1. The highest BCUT2D eigenvalue weighted by Gasteiger charge is 2.41. The largest absolute Gasteiger partial charge is 0.468 e. The topological polar surface area (TPSA) is 39.4 Å². The number of ketones is 1. The first-order valence-electron chi connectivity index (χ1n) is 3.20. The molecule has 1 aromatic heterocycles. The van der Waals surface area contributed by atoms with E-state index < -0.39 is 17.7 Å². The van der Waals surface area contributed by atoms with Crippen LogP contribution < -0.4 is 4.74 Å². The predicted octanol–water partition coefficient (Wildman–Crippen LogP) is 2.03. The van der Waals surface area contributed by atoms with Gasteiger partial charge in [0.2, 0.25) is 0 Å². The number of hydrogen-bond donors (Lipinski definition) is 0. The van der Waals surface area contributed by atoms with Crippen LogP contribution in [0.4, 0.5) is 13.2 Å². The molecule has 0 atom stereocenters. The van der Waals surface area contributed by atoms with Gasteiger partial charge in [0.15, 0.2) is 5.76 Å². The van der Waals surface area contributed by atoms with Crippen molar-refractivity contribution >= 4 is 5.78 Å². The Hall–Kier alpha value is -1.46. The number of furan rings is 1. The van der Waals surface area contributed by atoms with E-state index in [1.165, 1.54) is 7.11 Å². The van der Waals surface area contributed by atoms with Gasteiger partial charge in [0.05, 0.1) is 7.11 Å². The summed E-state index contributed by atoms with van der Waals surface area (Å²) in [5.74, 6) is -2.92. The molecule has 0 N–H and O–H groups in total. The molecule has 0 spiro atoms. The molecule has 72 valence electrons. The maximum atomic E-state index is 11.8. The summed E-state index contributed by atoms with van der Waals surface area (Å²) in [5.41, 5.74) is 0. The summed E-state index contributed by atoms with van der Waals surface area (Å²) in [5, 5.41) is 0. The molecule has 0 amide bonds. The maximum absolute atomic E-state index is 11.8. The summed E-state index contributed by atoms with van der Waals surface area (Å²) in [4.78, 5) is 10.5. The second-order valence-electron chi connectivity index (χ2n) is 2.15. The molecular formula is C7H5F3O3. The number of halogens is 3. The first-order chi connectivity index (χ1) is 5.95. The summed E-state index contributed by atoms with van der Waals surface area (Å²) in [6.07, 6.45) is -4.91. The molecule has 0 unspecified atom stereocenters. The highest BCUT2D eigenvalue weighted by atomic mass is 19.4. The van der Waals surface area contributed by atoms with Crippen LogP contribution in [-0.2, 0) is 0 Å². The van der Waals surface area contributed by atoms with E-state index in [0.29, 0.717) is 0 Å². The van der Waals surface area contributed by atoms with E-state index >= 15 is 0 Å². The van der Waals surface area contributed by atoms with Crippen LogP contribution in [0.5, 0.6) is 5.95 Å². The van der Waals surface area contributed by atoms with Crippen molar-refractivity contribution in [3.8, 4) is 5.95 Å². The molecule has 1 heterocycles. The standard InChI is InChI=1S/C7H5F3O3/c1-12-5-3-2-4(13-5)6(11)7(8,9)10/h2-3H,1H3. The highest BCUT2D eigenvalue weighted by molar-refractivity contribution is 5.97. The van der Waals surface area contributed by atoms with Crippen LogP contribution in [0.15, 0.2) is 16.5 Å². The molecule has 0 radical (unpaired) electrons. The third kappa shape index (κ3) is 2.01. The van der Waals surface area contributed by atoms with E-state index in [1.807, 2.05) is 0 Å². The van der Waals surface area contributed by atoms with Crippen molar-refractivity contribution in [2.24, 2.45) is 0 Å². The molecule has 1 rings (SSSR count). The molecule has 1 aromatic rings. The van der Waals surface area contributed by atoms with Gasteiger partial charge in [0, 0.05) is 6.07 Å². The zero-order chi connectivity index (χ0) is 10.1. The Balaban J connectivity index is 2.90. The number of methoxy groups -OCH3 is 1. The average Bonchev–Trinajstić information content (AvgIpc) is 2.48. The summed E-state index contributed by atoms with van der Waals surface area (Å²) in [6, 6.07) is 2.05. The van der Waals surface area contributed by atoms with Gasteiger partial charge in [0.25, 0.3) is 5.95 Å². The summed E-state index contributed by atoms with van der Waals surface area (Å²) >= 11 is 0. The van der Waals surface area contributed by atoms with Crippen molar-refractivity contribution in [2.75, 3.05) is 7.11 Å². The lowest BCUT2D eigenvalue weighted by atomic mass is 10.3.